The van der Waals surface area contributed by atoms with Gasteiger partial charge in [0.15, 0.2) is 29.2 Å². The number of ether oxygens (including phenoxy) is 1. The van der Waals surface area contributed by atoms with Crippen LogP contribution in [0.4, 0.5) is 0 Å². The van der Waals surface area contributed by atoms with Crippen molar-refractivity contribution >= 4 is 11.6 Å². The molecule has 2 aromatic rings. The molecule has 8 N–H and O–H groups in total. The number of fused-ring (bicyclic) bond motifs is 1. The molecule has 2 aliphatic carbocycles. The molecule has 1 fully saturated rings. The van der Waals surface area contributed by atoms with E-state index >= 15 is 0 Å². The number of phenolic OH excluding ortho intramolecular Hbond substituents is 1. The van der Waals surface area contributed by atoms with Crippen molar-refractivity contribution < 1.29 is 34.8 Å². The monoisotopic (exact) mass is 675 g/mol. The molecule has 10 nitrogen and oxygen atoms in total. The third-order valence-corrected chi connectivity index (χ3v) is 10.8. The lowest BCUT2D eigenvalue weighted by Crippen LogP contribution is -2.40. The van der Waals surface area contributed by atoms with E-state index in [1.807, 2.05) is 42.6 Å². The fourth-order valence-corrected chi connectivity index (χ4v) is 8.22. The molecule has 1 saturated carbocycles. The van der Waals surface area contributed by atoms with E-state index in [1.54, 1.807) is 6.07 Å². The number of aromatic nitrogens is 1. The molecule has 266 valence electrons. The maximum Gasteiger partial charge on any atom is 0.170 e. The van der Waals surface area contributed by atoms with Crippen molar-refractivity contribution in [1.82, 2.24) is 10.3 Å². The van der Waals surface area contributed by atoms with E-state index in [2.05, 4.69) is 10.3 Å². The van der Waals surface area contributed by atoms with E-state index in [4.69, 9.17) is 15.6 Å². The standard InChI is InChI=1S/C39H53N3O7/c1-49-34-22-27(12-13-33(46)37(48)32(45)11-3-8-25-6-2-7-26(20-25)9-5-19-43)21-31(36(34)47)35-29-15-18-42-38(40)30(29)14-16-39(35,24-44)23-28-10-4-17-41-28/h4,10,14-17,21-22,25-26,35,37,41-44,47-48H,2-3,5-9,11-13,18-20,23-24,40H2,1H3. The molecule has 10 heteroatoms. The number of aromatic amines is 1. The minimum Gasteiger partial charge on any atom is -0.504 e. The summed E-state index contributed by atoms with van der Waals surface area (Å²) in [5.41, 5.74) is 9.34. The Labute approximate surface area is 289 Å². The number of methoxy groups -OCH3 is 1. The van der Waals surface area contributed by atoms with Gasteiger partial charge in [-0.3, -0.25) is 9.59 Å². The maximum absolute atomic E-state index is 13.1. The number of hydrogen-bond donors (Lipinski definition) is 7. The molecule has 0 radical (unpaired) electrons. The zero-order valence-corrected chi connectivity index (χ0v) is 28.6. The van der Waals surface area contributed by atoms with E-state index in [0.29, 0.717) is 48.2 Å². The zero-order chi connectivity index (χ0) is 35.0. The summed E-state index contributed by atoms with van der Waals surface area (Å²) < 4.78 is 5.59. The molecule has 0 bridgehead atoms. The van der Waals surface area contributed by atoms with Crippen molar-refractivity contribution in [2.45, 2.75) is 89.1 Å². The van der Waals surface area contributed by atoms with Gasteiger partial charge in [-0.15, -0.1) is 0 Å². The summed E-state index contributed by atoms with van der Waals surface area (Å²) in [4.78, 5) is 29.1. The van der Waals surface area contributed by atoms with Gasteiger partial charge in [0.1, 0.15) is 5.82 Å². The molecule has 5 atom stereocenters. The van der Waals surface area contributed by atoms with Gasteiger partial charge in [-0.1, -0.05) is 50.0 Å². The molecule has 5 unspecified atom stereocenters. The van der Waals surface area contributed by atoms with Gasteiger partial charge in [-0.25, -0.2) is 0 Å². The first-order valence-electron chi connectivity index (χ1n) is 17.8. The number of aliphatic hydroxyl groups excluding tert-OH is 3. The van der Waals surface area contributed by atoms with Crippen molar-refractivity contribution in [3.05, 3.63) is 82.5 Å². The summed E-state index contributed by atoms with van der Waals surface area (Å²) in [6, 6.07) is 7.36. The first-order chi connectivity index (χ1) is 23.7. The van der Waals surface area contributed by atoms with Crippen molar-refractivity contribution in [2.75, 3.05) is 26.9 Å². The Morgan fingerprint density at radius 1 is 1.10 bits per heavy atom. The second kappa shape index (κ2) is 16.7. The number of benzene rings is 1. The molecular weight excluding hydrogens is 622 g/mol. The van der Waals surface area contributed by atoms with Crippen molar-refractivity contribution in [1.29, 1.82) is 0 Å². The Balaban J connectivity index is 1.29. The number of aromatic hydroxyl groups is 1. The number of carbonyl (C=O) groups excluding carboxylic acids is 2. The van der Waals surface area contributed by atoms with Gasteiger partial charge in [0.05, 0.1) is 13.7 Å². The van der Waals surface area contributed by atoms with Gasteiger partial charge >= 0.3 is 0 Å². The quantitative estimate of drug-likeness (QED) is 0.119. The number of phenols is 1. The van der Waals surface area contributed by atoms with Crippen LogP contribution in [0.2, 0.25) is 0 Å². The number of ketones is 2. The highest BCUT2D eigenvalue weighted by atomic mass is 16.5. The highest BCUT2D eigenvalue weighted by Crippen LogP contribution is 2.54. The second-order valence-corrected chi connectivity index (χ2v) is 14.1. The number of nitrogens with two attached hydrogens (primary N) is 1. The summed E-state index contributed by atoms with van der Waals surface area (Å²) in [7, 11) is 1.46. The smallest absolute Gasteiger partial charge is 0.170 e. The molecule has 5 rings (SSSR count). The Bertz CT molecular complexity index is 1550. The molecular formula is C39H53N3O7. The zero-order valence-electron chi connectivity index (χ0n) is 28.6. The molecule has 3 aliphatic rings. The number of carbonyl (C=O) groups is 2. The van der Waals surface area contributed by atoms with E-state index in [1.165, 1.54) is 20.0 Å². The molecule has 1 aliphatic heterocycles. The first-order valence-corrected chi connectivity index (χ1v) is 17.8. The highest BCUT2D eigenvalue weighted by Gasteiger charge is 2.45. The number of hydrogen-bond acceptors (Lipinski definition) is 9. The predicted molar refractivity (Wildman–Crippen MR) is 188 cm³/mol. The number of dihydropyridines is 1. The van der Waals surface area contributed by atoms with Gasteiger partial charge in [-0.2, -0.15) is 0 Å². The number of aliphatic hydroxyl groups is 3. The Morgan fingerprint density at radius 3 is 2.55 bits per heavy atom. The summed E-state index contributed by atoms with van der Waals surface area (Å²) in [5.74, 6) is 0.380. The SMILES string of the molecule is COc1cc(CCC(=O)C(O)C(=O)CCCC2CCCC(CCCO)C2)cc(C2C3=CCNC(N)=C3C=CC2(CO)Cc2ccc[nH]2)c1O. The number of aryl methyl sites for hydroxylation is 1. The Hall–Kier alpha value is -3.86. The predicted octanol–water partition coefficient (Wildman–Crippen LogP) is 4.48. The average Bonchev–Trinajstić information content (AvgIpc) is 3.63. The molecule has 0 saturated heterocycles. The van der Waals surface area contributed by atoms with E-state index in [0.717, 1.165) is 48.9 Å². The van der Waals surface area contributed by atoms with Crippen LogP contribution in [0.25, 0.3) is 0 Å². The minimum atomic E-state index is -1.66. The largest absolute Gasteiger partial charge is 0.504 e. The Morgan fingerprint density at radius 2 is 1.86 bits per heavy atom. The van der Waals surface area contributed by atoms with Crippen LogP contribution in [0.1, 0.15) is 86.9 Å². The normalized spacial score (nSPS) is 24.2. The lowest BCUT2D eigenvalue weighted by Gasteiger charge is -2.43. The van der Waals surface area contributed by atoms with Crippen molar-refractivity contribution in [3.8, 4) is 11.5 Å². The molecule has 2 heterocycles. The first kappa shape index (κ1) is 36.4. The Kier molecular flexibility index (Phi) is 12.4. The average molecular weight is 676 g/mol. The van der Waals surface area contributed by atoms with Gasteiger partial charge in [-0.05, 0) is 79.7 Å². The third-order valence-electron chi connectivity index (χ3n) is 10.8. The third kappa shape index (κ3) is 8.48. The highest BCUT2D eigenvalue weighted by molar-refractivity contribution is 6.05. The second-order valence-electron chi connectivity index (χ2n) is 14.1. The minimum absolute atomic E-state index is 0.0572. The van der Waals surface area contributed by atoms with Crippen LogP contribution in [-0.2, 0) is 22.4 Å². The molecule has 1 aromatic carbocycles. The van der Waals surface area contributed by atoms with Crippen LogP contribution < -0.4 is 15.8 Å². The van der Waals surface area contributed by atoms with Crippen LogP contribution in [0.5, 0.6) is 11.5 Å². The summed E-state index contributed by atoms with van der Waals surface area (Å²) >= 11 is 0. The fourth-order valence-electron chi connectivity index (χ4n) is 8.22. The van der Waals surface area contributed by atoms with Crippen LogP contribution in [0.15, 0.2) is 65.7 Å². The van der Waals surface area contributed by atoms with Gasteiger partial charge in [0, 0.05) is 60.4 Å². The summed E-state index contributed by atoms with van der Waals surface area (Å²) in [6.07, 6.45) is 14.9. The molecule has 0 spiro atoms. The lowest BCUT2D eigenvalue weighted by molar-refractivity contribution is -0.138. The molecule has 49 heavy (non-hydrogen) atoms. The van der Waals surface area contributed by atoms with Crippen molar-refractivity contribution in [3.63, 3.8) is 0 Å². The number of Topliss-reactive ketones (excluding diaryl/α,β-unsaturated/α-hetero) is 2. The molecule has 0 amide bonds. The number of H-pyrrole nitrogens is 1. The van der Waals surface area contributed by atoms with Gasteiger partial charge < -0.3 is 41.2 Å². The number of nitrogens with one attached hydrogen (secondary N) is 2. The number of allylic oxidation sites excluding steroid dienone is 3. The van der Waals surface area contributed by atoms with Crippen LogP contribution in [-0.4, -0.2) is 69.9 Å². The van der Waals surface area contributed by atoms with E-state index in [-0.39, 0.29) is 44.0 Å². The topological polar surface area (TPSA) is 178 Å². The number of rotatable bonds is 17. The van der Waals surface area contributed by atoms with Crippen LogP contribution in [0, 0.1) is 17.3 Å². The maximum atomic E-state index is 13.1. The lowest BCUT2D eigenvalue weighted by atomic mass is 9.61. The van der Waals surface area contributed by atoms with Gasteiger partial charge in [0.2, 0.25) is 0 Å². The van der Waals surface area contributed by atoms with E-state index in [9.17, 15) is 24.9 Å². The molecule has 1 aromatic heterocycles. The van der Waals surface area contributed by atoms with Gasteiger partial charge in [0.25, 0.3) is 0 Å². The van der Waals surface area contributed by atoms with Crippen molar-refractivity contribution in [2.24, 2.45) is 23.0 Å². The fraction of sp³-hybridized carbons (Fsp3) is 0.538. The summed E-state index contributed by atoms with van der Waals surface area (Å²) in [5, 5.41) is 45.5. The van der Waals surface area contributed by atoms with Crippen LogP contribution in [0.3, 0.4) is 0 Å². The van der Waals surface area contributed by atoms with E-state index < -0.39 is 29.0 Å². The van der Waals surface area contributed by atoms with Crippen LogP contribution >= 0.6 is 0 Å². The summed E-state index contributed by atoms with van der Waals surface area (Å²) in [6.45, 7) is 0.502.